The maximum atomic E-state index is 12.4. The van der Waals surface area contributed by atoms with Crippen LogP contribution < -0.4 is 9.47 Å². The minimum Gasteiger partial charge on any atom is -0.481 e. The molecule has 0 radical (unpaired) electrons. The van der Waals surface area contributed by atoms with Gasteiger partial charge in [0.1, 0.15) is 5.78 Å². The van der Waals surface area contributed by atoms with Crippen LogP contribution in [0.3, 0.4) is 0 Å². The number of carbonyl (C=O) groups is 1. The summed E-state index contributed by atoms with van der Waals surface area (Å²) in [5.74, 6) is 3.46. The summed E-state index contributed by atoms with van der Waals surface area (Å²) in [4.78, 5) is 16.9. The predicted molar refractivity (Wildman–Crippen MR) is 87.0 cm³/mol. The molecule has 4 heteroatoms. The molecule has 2 fully saturated rings. The Morgan fingerprint density at radius 3 is 2.74 bits per heavy atom. The van der Waals surface area contributed by atoms with Crippen LogP contribution in [0, 0.1) is 17.3 Å². The summed E-state index contributed by atoms with van der Waals surface area (Å²) in [5.41, 5.74) is 2.53. The van der Waals surface area contributed by atoms with Gasteiger partial charge in [-0.2, -0.15) is 4.98 Å². The van der Waals surface area contributed by atoms with Crippen molar-refractivity contribution in [2.45, 2.75) is 51.4 Å². The Balaban J connectivity index is 1.76. The van der Waals surface area contributed by atoms with Gasteiger partial charge in [-0.25, -0.2) is 0 Å². The minimum atomic E-state index is -0.0776. The molecule has 4 rings (SSSR count). The largest absolute Gasteiger partial charge is 0.481 e. The Morgan fingerprint density at radius 2 is 2.00 bits per heavy atom. The zero-order valence-electron chi connectivity index (χ0n) is 14.2. The zero-order chi connectivity index (χ0) is 16.2. The number of ketones is 1. The van der Waals surface area contributed by atoms with E-state index < -0.39 is 0 Å². The van der Waals surface area contributed by atoms with E-state index in [1.807, 2.05) is 0 Å². The predicted octanol–water partition coefficient (Wildman–Crippen LogP) is 3.52. The first-order chi connectivity index (χ1) is 11.1. The Bertz CT molecular complexity index is 639. The van der Waals surface area contributed by atoms with E-state index in [1.165, 1.54) is 17.5 Å². The number of ether oxygens (including phenoxy) is 2. The monoisotopic (exact) mass is 315 g/mol. The molecule has 4 atom stereocenters. The number of hydrogen-bond acceptors (Lipinski definition) is 4. The van der Waals surface area contributed by atoms with E-state index in [1.54, 1.807) is 14.2 Å². The summed E-state index contributed by atoms with van der Waals surface area (Å²) in [7, 11) is 3.34. The number of hydrogen-bond donors (Lipinski definition) is 0. The number of aromatic nitrogens is 1. The van der Waals surface area contributed by atoms with Crippen molar-refractivity contribution in [1.82, 2.24) is 4.98 Å². The highest BCUT2D eigenvalue weighted by Gasteiger charge is 2.55. The number of Topliss-reactive ketones (excluding diaryl/α,β-unsaturated/α-hetero) is 1. The van der Waals surface area contributed by atoms with Gasteiger partial charge < -0.3 is 9.47 Å². The molecule has 0 bridgehead atoms. The quantitative estimate of drug-likeness (QED) is 0.838. The van der Waals surface area contributed by atoms with Crippen LogP contribution in [-0.4, -0.2) is 25.0 Å². The van der Waals surface area contributed by atoms with Gasteiger partial charge in [0.05, 0.1) is 14.2 Å². The standard InChI is InChI=1S/C19H25NO3/c1-19-9-8-13-12(14(19)6-7-15(19)21)5-4-11-10-16(22-2)20-18(23-3)17(11)13/h10,12-14H,4-9H2,1-3H3/t12-,13+,14+,19+/m1/s1. The molecule has 1 aromatic heterocycles. The van der Waals surface area contributed by atoms with E-state index in [4.69, 9.17) is 9.47 Å². The van der Waals surface area contributed by atoms with Crippen LogP contribution in [-0.2, 0) is 11.2 Å². The average Bonchev–Trinajstić information content (AvgIpc) is 2.88. The fourth-order valence-corrected chi connectivity index (χ4v) is 5.56. The highest BCUT2D eigenvalue weighted by Crippen LogP contribution is 2.60. The van der Waals surface area contributed by atoms with Crippen molar-refractivity contribution in [2.75, 3.05) is 14.2 Å². The summed E-state index contributed by atoms with van der Waals surface area (Å²) < 4.78 is 10.9. The van der Waals surface area contributed by atoms with Crippen molar-refractivity contribution >= 4 is 5.78 Å². The van der Waals surface area contributed by atoms with Crippen molar-refractivity contribution in [3.05, 3.63) is 17.2 Å². The third-order valence-corrected chi connectivity index (χ3v) is 6.75. The van der Waals surface area contributed by atoms with E-state index in [2.05, 4.69) is 18.0 Å². The lowest BCUT2D eigenvalue weighted by Gasteiger charge is -2.48. The molecular weight excluding hydrogens is 290 g/mol. The molecule has 2 saturated carbocycles. The SMILES string of the molecule is COc1cc2c(c(OC)n1)[C@H]1CC[C@]3(C)C(=O)CC[C@H]3[C@@H]1CC2. The molecule has 3 aliphatic carbocycles. The van der Waals surface area contributed by atoms with Crippen LogP contribution >= 0.6 is 0 Å². The molecule has 0 amide bonds. The summed E-state index contributed by atoms with van der Waals surface area (Å²) in [5, 5.41) is 0. The highest BCUT2D eigenvalue weighted by atomic mass is 16.5. The second kappa shape index (κ2) is 5.22. The fraction of sp³-hybridized carbons (Fsp3) is 0.684. The van der Waals surface area contributed by atoms with E-state index >= 15 is 0 Å². The summed E-state index contributed by atoms with van der Waals surface area (Å²) >= 11 is 0. The Hall–Kier alpha value is -1.58. The van der Waals surface area contributed by atoms with E-state index in [9.17, 15) is 4.79 Å². The third kappa shape index (κ3) is 2.03. The first kappa shape index (κ1) is 15.0. The first-order valence-corrected chi connectivity index (χ1v) is 8.73. The lowest BCUT2D eigenvalue weighted by Crippen LogP contribution is -2.42. The Morgan fingerprint density at radius 1 is 1.17 bits per heavy atom. The van der Waals surface area contributed by atoms with Gasteiger partial charge in [0.25, 0.3) is 0 Å². The van der Waals surface area contributed by atoms with Gasteiger partial charge >= 0.3 is 0 Å². The van der Waals surface area contributed by atoms with E-state index in [0.29, 0.717) is 29.4 Å². The molecule has 3 aliphatic rings. The molecule has 1 aromatic rings. The Kier molecular flexibility index (Phi) is 3.40. The molecule has 124 valence electrons. The smallest absolute Gasteiger partial charge is 0.220 e. The first-order valence-electron chi connectivity index (χ1n) is 8.73. The van der Waals surface area contributed by atoms with Crippen molar-refractivity contribution in [1.29, 1.82) is 0 Å². The topological polar surface area (TPSA) is 48.4 Å². The molecule has 0 unspecified atom stereocenters. The maximum Gasteiger partial charge on any atom is 0.220 e. The zero-order valence-corrected chi connectivity index (χ0v) is 14.2. The molecule has 0 saturated heterocycles. The van der Waals surface area contributed by atoms with Gasteiger partial charge in [-0.1, -0.05) is 6.92 Å². The van der Waals surface area contributed by atoms with Crippen LogP contribution in [0.5, 0.6) is 11.8 Å². The van der Waals surface area contributed by atoms with Crippen LogP contribution in [0.15, 0.2) is 6.07 Å². The normalized spacial score (nSPS) is 35.3. The summed E-state index contributed by atoms with van der Waals surface area (Å²) in [6.45, 7) is 2.21. The van der Waals surface area contributed by atoms with Gasteiger partial charge in [-0.15, -0.1) is 0 Å². The molecule has 4 nitrogen and oxygen atoms in total. The van der Waals surface area contributed by atoms with Crippen LogP contribution in [0.4, 0.5) is 0 Å². The number of nitrogens with zero attached hydrogens (tertiary/aromatic N) is 1. The summed E-state index contributed by atoms with van der Waals surface area (Å²) in [6.07, 6.45) is 6.12. The van der Waals surface area contributed by atoms with Crippen molar-refractivity contribution < 1.29 is 14.3 Å². The number of fused-ring (bicyclic) bond motifs is 5. The number of pyridine rings is 1. The number of rotatable bonds is 2. The van der Waals surface area contributed by atoms with Crippen LogP contribution in [0.25, 0.3) is 0 Å². The summed E-state index contributed by atoms with van der Waals surface area (Å²) in [6, 6.07) is 2.07. The molecular formula is C19H25NO3. The molecule has 1 heterocycles. The number of carbonyl (C=O) groups excluding carboxylic acids is 1. The van der Waals surface area contributed by atoms with Crippen LogP contribution in [0.2, 0.25) is 0 Å². The second-order valence-corrected chi connectivity index (χ2v) is 7.58. The molecule has 0 N–H and O–H groups in total. The lowest BCUT2D eigenvalue weighted by atomic mass is 9.56. The maximum absolute atomic E-state index is 12.4. The number of methoxy groups -OCH3 is 2. The fourth-order valence-electron chi connectivity index (χ4n) is 5.56. The van der Waals surface area contributed by atoms with E-state index in [0.717, 1.165) is 38.0 Å². The van der Waals surface area contributed by atoms with Gasteiger partial charge in [-0.3, -0.25) is 4.79 Å². The van der Waals surface area contributed by atoms with Crippen molar-refractivity contribution in [3.8, 4) is 11.8 Å². The van der Waals surface area contributed by atoms with Crippen molar-refractivity contribution in [3.63, 3.8) is 0 Å². The van der Waals surface area contributed by atoms with Gasteiger partial charge in [-0.05, 0) is 55.4 Å². The third-order valence-electron chi connectivity index (χ3n) is 6.75. The molecule has 0 spiro atoms. The van der Waals surface area contributed by atoms with Gasteiger partial charge in [0, 0.05) is 23.5 Å². The van der Waals surface area contributed by atoms with E-state index in [-0.39, 0.29) is 5.41 Å². The van der Waals surface area contributed by atoms with Gasteiger partial charge in [0.2, 0.25) is 11.8 Å². The average molecular weight is 315 g/mol. The highest BCUT2D eigenvalue weighted by molar-refractivity contribution is 5.87. The minimum absolute atomic E-state index is 0.0776. The molecule has 0 aliphatic heterocycles. The van der Waals surface area contributed by atoms with Crippen molar-refractivity contribution in [2.24, 2.45) is 17.3 Å². The van der Waals surface area contributed by atoms with Gasteiger partial charge in [0.15, 0.2) is 0 Å². The molecule has 0 aromatic carbocycles. The molecule has 23 heavy (non-hydrogen) atoms. The Labute approximate surface area is 137 Å². The second-order valence-electron chi connectivity index (χ2n) is 7.58. The van der Waals surface area contributed by atoms with Crippen LogP contribution in [0.1, 0.15) is 56.1 Å². The lowest BCUT2D eigenvalue weighted by molar-refractivity contribution is -0.129. The number of aryl methyl sites for hydroxylation is 1.